The van der Waals surface area contributed by atoms with Gasteiger partial charge in [-0.2, -0.15) is 0 Å². The standard InChI is InChI=1S/C16H13NOS/c1-10-9-11-5-4-8-17-14(15(11)19-10)12-6-2-3-7-13(12)16(17)18/h2-7,9,14H,8H2,1H3. The molecular weight excluding hydrogens is 254 g/mol. The Morgan fingerprint density at radius 2 is 2.16 bits per heavy atom. The van der Waals surface area contributed by atoms with Crippen LogP contribution in [0.2, 0.25) is 0 Å². The lowest BCUT2D eigenvalue weighted by Gasteiger charge is -2.22. The first-order valence-corrected chi connectivity index (χ1v) is 7.24. The summed E-state index contributed by atoms with van der Waals surface area (Å²) in [6, 6.07) is 10.3. The molecule has 4 rings (SSSR count). The molecule has 1 aromatic carbocycles. The predicted molar refractivity (Wildman–Crippen MR) is 77.4 cm³/mol. The number of rotatable bonds is 0. The maximum atomic E-state index is 12.5. The largest absolute Gasteiger partial charge is 0.323 e. The van der Waals surface area contributed by atoms with Gasteiger partial charge in [-0.15, -0.1) is 11.3 Å². The SMILES string of the molecule is Cc1cc2c(s1)C1c3ccccc3C(=O)N1CC=C2. The van der Waals surface area contributed by atoms with E-state index in [1.165, 1.54) is 15.3 Å². The number of aryl methyl sites for hydroxylation is 1. The van der Waals surface area contributed by atoms with Crippen LogP contribution in [0, 0.1) is 6.92 Å². The van der Waals surface area contributed by atoms with E-state index in [1.54, 1.807) is 11.3 Å². The van der Waals surface area contributed by atoms with Gasteiger partial charge in [-0.3, -0.25) is 4.79 Å². The summed E-state index contributed by atoms with van der Waals surface area (Å²) in [7, 11) is 0. The molecule has 1 aromatic heterocycles. The van der Waals surface area contributed by atoms with Gasteiger partial charge in [0.1, 0.15) is 0 Å². The Morgan fingerprint density at radius 3 is 3.05 bits per heavy atom. The average molecular weight is 267 g/mol. The van der Waals surface area contributed by atoms with Crippen LogP contribution in [-0.4, -0.2) is 17.4 Å². The van der Waals surface area contributed by atoms with E-state index in [1.807, 2.05) is 23.1 Å². The fraction of sp³-hybridized carbons (Fsp3) is 0.188. The summed E-state index contributed by atoms with van der Waals surface area (Å²) in [5, 5.41) is 0. The lowest BCUT2D eigenvalue weighted by atomic mass is 10.0. The van der Waals surface area contributed by atoms with Crippen LogP contribution in [0.15, 0.2) is 36.4 Å². The Kier molecular flexibility index (Phi) is 2.21. The molecule has 1 unspecified atom stereocenters. The molecule has 0 saturated heterocycles. The molecule has 0 bridgehead atoms. The molecule has 0 aliphatic carbocycles. The van der Waals surface area contributed by atoms with E-state index in [4.69, 9.17) is 0 Å². The number of amides is 1. The lowest BCUT2D eigenvalue weighted by molar-refractivity contribution is 0.0773. The third kappa shape index (κ3) is 1.45. The molecule has 2 aliphatic rings. The first-order chi connectivity index (χ1) is 9.25. The summed E-state index contributed by atoms with van der Waals surface area (Å²) < 4.78 is 0. The number of carbonyl (C=O) groups excluding carboxylic acids is 1. The highest BCUT2D eigenvalue weighted by Crippen LogP contribution is 2.44. The molecular formula is C16H13NOS. The summed E-state index contributed by atoms with van der Waals surface area (Å²) in [5.74, 6) is 0.157. The number of hydrogen-bond acceptors (Lipinski definition) is 2. The van der Waals surface area contributed by atoms with Gasteiger partial charge in [-0.1, -0.05) is 30.4 Å². The molecule has 0 N–H and O–H groups in total. The lowest BCUT2D eigenvalue weighted by Crippen LogP contribution is -2.27. The van der Waals surface area contributed by atoms with E-state index >= 15 is 0 Å². The zero-order valence-corrected chi connectivity index (χ0v) is 11.4. The van der Waals surface area contributed by atoms with Gasteiger partial charge in [0.15, 0.2) is 0 Å². The predicted octanol–water partition coefficient (Wildman–Crippen LogP) is 3.63. The quantitative estimate of drug-likeness (QED) is 0.714. The Labute approximate surface area is 116 Å². The van der Waals surface area contributed by atoms with Crippen LogP contribution in [0.25, 0.3) is 6.08 Å². The number of carbonyl (C=O) groups is 1. The van der Waals surface area contributed by atoms with E-state index in [2.05, 4.69) is 31.2 Å². The minimum atomic E-state index is 0.104. The molecule has 1 amide bonds. The van der Waals surface area contributed by atoms with Crippen molar-refractivity contribution in [3.8, 4) is 0 Å². The van der Waals surface area contributed by atoms with Crippen molar-refractivity contribution in [1.82, 2.24) is 4.90 Å². The van der Waals surface area contributed by atoms with E-state index in [-0.39, 0.29) is 11.9 Å². The van der Waals surface area contributed by atoms with Crippen molar-refractivity contribution >= 4 is 23.3 Å². The summed E-state index contributed by atoms with van der Waals surface area (Å²) in [6.45, 7) is 2.82. The second kappa shape index (κ2) is 3.81. The van der Waals surface area contributed by atoms with Crippen LogP contribution in [0.5, 0.6) is 0 Å². The van der Waals surface area contributed by atoms with Crippen molar-refractivity contribution in [1.29, 1.82) is 0 Å². The molecule has 3 heteroatoms. The number of benzene rings is 1. The Bertz CT molecular complexity index is 713. The second-order valence-electron chi connectivity index (χ2n) is 5.03. The smallest absolute Gasteiger partial charge is 0.255 e. The fourth-order valence-electron chi connectivity index (χ4n) is 3.03. The summed E-state index contributed by atoms with van der Waals surface area (Å²) in [5.41, 5.74) is 3.28. The van der Waals surface area contributed by atoms with Gasteiger partial charge >= 0.3 is 0 Å². The maximum Gasteiger partial charge on any atom is 0.255 e. The molecule has 2 aliphatic heterocycles. The highest BCUT2D eigenvalue weighted by Gasteiger charge is 2.39. The number of thiophene rings is 1. The van der Waals surface area contributed by atoms with Crippen molar-refractivity contribution < 1.29 is 4.79 Å². The highest BCUT2D eigenvalue weighted by atomic mass is 32.1. The maximum absolute atomic E-state index is 12.5. The first-order valence-electron chi connectivity index (χ1n) is 6.42. The molecule has 19 heavy (non-hydrogen) atoms. The van der Waals surface area contributed by atoms with Crippen LogP contribution >= 0.6 is 11.3 Å². The molecule has 3 heterocycles. The van der Waals surface area contributed by atoms with E-state index in [0.717, 1.165) is 11.1 Å². The van der Waals surface area contributed by atoms with Crippen LogP contribution in [-0.2, 0) is 0 Å². The second-order valence-corrected chi connectivity index (χ2v) is 6.31. The third-order valence-electron chi connectivity index (χ3n) is 3.82. The average Bonchev–Trinajstić information content (AvgIpc) is 2.84. The van der Waals surface area contributed by atoms with Gasteiger partial charge in [-0.25, -0.2) is 0 Å². The summed E-state index contributed by atoms with van der Waals surface area (Å²) in [4.78, 5) is 17.1. The molecule has 0 radical (unpaired) electrons. The van der Waals surface area contributed by atoms with Gasteiger partial charge in [0.25, 0.3) is 5.91 Å². The molecule has 94 valence electrons. The van der Waals surface area contributed by atoms with E-state index in [0.29, 0.717) is 6.54 Å². The van der Waals surface area contributed by atoms with E-state index < -0.39 is 0 Å². The normalized spacial score (nSPS) is 19.9. The van der Waals surface area contributed by atoms with Crippen molar-refractivity contribution in [2.45, 2.75) is 13.0 Å². The van der Waals surface area contributed by atoms with Crippen LogP contribution in [0.3, 0.4) is 0 Å². The minimum Gasteiger partial charge on any atom is -0.323 e. The summed E-state index contributed by atoms with van der Waals surface area (Å²) in [6.07, 6.45) is 4.24. The van der Waals surface area contributed by atoms with Crippen molar-refractivity contribution in [3.05, 3.63) is 62.9 Å². The van der Waals surface area contributed by atoms with Gasteiger partial charge in [0, 0.05) is 21.9 Å². The van der Waals surface area contributed by atoms with E-state index in [9.17, 15) is 4.79 Å². The highest BCUT2D eigenvalue weighted by molar-refractivity contribution is 7.12. The zero-order chi connectivity index (χ0) is 13.0. The fourth-order valence-corrected chi connectivity index (χ4v) is 4.17. The molecule has 0 fully saturated rings. The van der Waals surface area contributed by atoms with Crippen molar-refractivity contribution in [2.75, 3.05) is 6.54 Å². The van der Waals surface area contributed by atoms with Crippen molar-refractivity contribution in [3.63, 3.8) is 0 Å². The summed E-state index contributed by atoms with van der Waals surface area (Å²) >= 11 is 1.80. The topological polar surface area (TPSA) is 20.3 Å². The zero-order valence-electron chi connectivity index (χ0n) is 10.6. The van der Waals surface area contributed by atoms with Gasteiger partial charge < -0.3 is 4.90 Å². The van der Waals surface area contributed by atoms with Crippen LogP contribution in [0.1, 0.15) is 37.3 Å². The minimum absolute atomic E-state index is 0.104. The molecule has 2 aromatic rings. The number of fused-ring (bicyclic) bond motifs is 5. The molecule has 1 atom stereocenters. The van der Waals surface area contributed by atoms with Crippen molar-refractivity contribution in [2.24, 2.45) is 0 Å². The number of nitrogens with zero attached hydrogens (tertiary/aromatic N) is 1. The van der Waals surface area contributed by atoms with Gasteiger partial charge in [0.05, 0.1) is 6.04 Å². The third-order valence-corrected chi connectivity index (χ3v) is 4.94. The monoisotopic (exact) mass is 267 g/mol. The van der Waals surface area contributed by atoms with Crippen LogP contribution < -0.4 is 0 Å². The molecule has 2 nitrogen and oxygen atoms in total. The number of hydrogen-bond donors (Lipinski definition) is 0. The Balaban J connectivity index is 1.98. The van der Waals surface area contributed by atoms with Crippen LogP contribution in [0.4, 0.5) is 0 Å². The Morgan fingerprint density at radius 1 is 1.32 bits per heavy atom. The van der Waals surface area contributed by atoms with Gasteiger partial charge in [0.2, 0.25) is 0 Å². The van der Waals surface area contributed by atoms with Gasteiger partial charge in [-0.05, 0) is 30.2 Å². The molecule has 0 spiro atoms. The first kappa shape index (κ1) is 11.0. The molecule has 0 saturated carbocycles. The Hall–Kier alpha value is -1.87.